The number of Topliss-reactive ketones (excluding diaryl/α,β-unsaturated/α-hetero) is 2. The van der Waals surface area contributed by atoms with Crippen LogP contribution in [0.1, 0.15) is 72.2 Å². The highest BCUT2D eigenvalue weighted by molar-refractivity contribution is 6.35. The highest BCUT2D eigenvalue weighted by Crippen LogP contribution is 2.53. The van der Waals surface area contributed by atoms with Gasteiger partial charge in [0.15, 0.2) is 11.5 Å². The SMILES string of the molecule is Cc1cc2c(c(O)c1-c1c(C)cc3c(c1O)C(=CN[C@H](CO)Cc1ccccc1)C(=O)C(O)=C3C(C)C)C(=CN[C@H](CO)Cc1ccccc1)C(=O)C(O)=C2C(C)C. The lowest BCUT2D eigenvalue weighted by Gasteiger charge is -2.30. The van der Waals surface area contributed by atoms with Crippen molar-refractivity contribution in [2.75, 3.05) is 13.2 Å². The van der Waals surface area contributed by atoms with E-state index in [-0.39, 0.29) is 69.9 Å². The number of nitrogens with one attached hydrogen (secondary N) is 2. The zero-order chi connectivity index (χ0) is 42.0. The number of rotatable bonds is 13. The number of aryl methyl sites for hydroxylation is 2. The van der Waals surface area contributed by atoms with Crippen molar-refractivity contribution >= 4 is 33.9 Å². The Kier molecular flexibility index (Phi) is 12.3. The van der Waals surface area contributed by atoms with Crippen LogP contribution in [0.2, 0.25) is 0 Å². The number of phenolic OH excluding ortho intramolecular Hbond substituents is 2. The number of hydrogen-bond acceptors (Lipinski definition) is 10. The van der Waals surface area contributed by atoms with Crippen molar-refractivity contribution in [1.82, 2.24) is 10.6 Å². The first-order valence-electron chi connectivity index (χ1n) is 19.6. The number of ketones is 2. The van der Waals surface area contributed by atoms with E-state index in [4.69, 9.17) is 0 Å². The van der Waals surface area contributed by atoms with Crippen LogP contribution in [0.4, 0.5) is 0 Å². The fourth-order valence-electron chi connectivity index (χ4n) is 8.18. The van der Waals surface area contributed by atoms with Crippen LogP contribution >= 0.6 is 0 Å². The largest absolute Gasteiger partial charge is 0.507 e. The number of aromatic hydroxyl groups is 2. The molecule has 10 nitrogen and oxygen atoms in total. The molecule has 6 rings (SSSR count). The van der Waals surface area contributed by atoms with Gasteiger partial charge < -0.3 is 41.3 Å². The van der Waals surface area contributed by atoms with Crippen LogP contribution in [-0.4, -0.2) is 67.5 Å². The molecule has 10 heteroatoms. The molecule has 0 spiro atoms. The Bertz CT molecular complexity index is 2200. The normalized spacial score (nSPS) is 16.7. The number of benzene rings is 4. The molecule has 0 aliphatic heterocycles. The minimum atomic E-state index is -0.713. The zero-order valence-corrected chi connectivity index (χ0v) is 33.7. The Labute approximate surface area is 339 Å². The summed E-state index contributed by atoms with van der Waals surface area (Å²) in [5.74, 6) is -3.58. The molecule has 8 N–H and O–H groups in total. The predicted molar refractivity (Wildman–Crippen MR) is 228 cm³/mol. The van der Waals surface area contributed by atoms with Crippen LogP contribution in [-0.2, 0) is 22.4 Å². The second-order valence-electron chi connectivity index (χ2n) is 15.8. The maximum absolute atomic E-state index is 14.0. The lowest BCUT2D eigenvalue weighted by molar-refractivity contribution is -0.113. The summed E-state index contributed by atoms with van der Waals surface area (Å²) in [7, 11) is 0. The summed E-state index contributed by atoms with van der Waals surface area (Å²) < 4.78 is 0. The Balaban J connectivity index is 1.54. The van der Waals surface area contributed by atoms with Gasteiger partial charge in [0.25, 0.3) is 0 Å². The van der Waals surface area contributed by atoms with Crippen LogP contribution in [0.3, 0.4) is 0 Å². The summed E-state index contributed by atoms with van der Waals surface area (Å²) in [5.41, 5.74) is 5.23. The molecule has 2 atom stereocenters. The number of carbonyl (C=O) groups is 2. The summed E-state index contributed by atoms with van der Waals surface area (Å²) in [5, 5.41) is 74.3. The van der Waals surface area contributed by atoms with Crippen molar-refractivity contribution in [2.45, 2.75) is 66.5 Å². The molecule has 2 aliphatic rings. The minimum absolute atomic E-state index is 0.0272. The summed E-state index contributed by atoms with van der Waals surface area (Å²) in [6, 6.07) is 21.6. The third-order valence-electron chi connectivity index (χ3n) is 11.0. The van der Waals surface area contributed by atoms with Gasteiger partial charge in [0.2, 0.25) is 11.6 Å². The first-order valence-corrected chi connectivity index (χ1v) is 19.6. The fraction of sp³-hybridized carbons (Fsp3) is 0.292. The number of carbonyl (C=O) groups excluding carboxylic acids is 2. The van der Waals surface area contributed by atoms with Crippen molar-refractivity contribution in [3.8, 4) is 22.6 Å². The predicted octanol–water partition coefficient (Wildman–Crippen LogP) is 7.47. The quantitative estimate of drug-likeness (QED) is 0.0635. The highest BCUT2D eigenvalue weighted by atomic mass is 16.3. The van der Waals surface area contributed by atoms with Gasteiger partial charge in [-0.3, -0.25) is 9.59 Å². The van der Waals surface area contributed by atoms with Crippen LogP contribution in [0, 0.1) is 25.7 Å². The topological polar surface area (TPSA) is 180 Å². The van der Waals surface area contributed by atoms with E-state index in [1.807, 2.05) is 88.4 Å². The van der Waals surface area contributed by atoms with Crippen molar-refractivity contribution < 1.29 is 40.2 Å². The number of fused-ring (bicyclic) bond motifs is 2. The number of hydrogen-bond donors (Lipinski definition) is 8. The molecule has 58 heavy (non-hydrogen) atoms. The molecule has 0 fully saturated rings. The van der Waals surface area contributed by atoms with E-state index in [0.29, 0.717) is 46.2 Å². The van der Waals surface area contributed by atoms with Gasteiger partial charge in [0, 0.05) is 45.8 Å². The van der Waals surface area contributed by atoms with Gasteiger partial charge in [-0.1, -0.05) is 100 Å². The number of allylic oxidation sites excluding steroid dienone is 4. The molecule has 0 saturated carbocycles. The number of aliphatic hydroxyl groups excluding tert-OH is 4. The van der Waals surface area contributed by atoms with Gasteiger partial charge in [-0.2, -0.15) is 0 Å². The molecule has 302 valence electrons. The first-order chi connectivity index (χ1) is 27.7. The van der Waals surface area contributed by atoms with Gasteiger partial charge >= 0.3 is 0 Å². The molecule has 0 amide bonds. The van der Waals surface area contributed by atoms with E-state index in [0.717, 1.165) is 11.1 Å². The van der Waals surface area contributed by atoms with E-state index in [9.17, 15) is 40.2 Å². The van der Waals surface area contributed by atoms with E-state index in [1.165, 1.54) is 12.4 Å². The second kappa shape index (κ2) is 17.2. The second-order valence-corrected chi connectivity index (χ2v) is 15.8. The summed E-state index contributed by atoms with van der Waals surface area (Å²) in [4.78, 5) is 28.0. The molecule has 4 aromatic carbocycles. The highest BCUT2D eigenvalue weighted by Gasteiger charge is 2.38. The Morgan fingerprint density at radius 3 is 1.21 bits per heavy atom. The summed E-state index contributed by atoms with van der Waals surface area (Å²) in [6.07, 6.45) is 3.70. The Morgan fingerprint density at radius 1 is 0.552 bits per heavy atom. The summed E-state index contributed by atoms with van der Waals surface area (Å²) >= 11 is 0. The molecule has 0 bridgehead atoms. The van der Waals surface area contributed by atoms with Crippen molar-refractivity contribution in [3.63, 3.8) is 0 Å². The third kappa shape index (κ3) is 7.77. The molecule has 0 saturated heterocycles. The Morgan fingerprint density at radius 2 is 0.897 bits per heavy atom. The van der Waals surface area contributed by atoms with Crippen molar-refractivity contribution in [1.29, 1.82) is 0 Å². The molecule has 0 aromatic heterocycles. The molecular weight excluding hydrogens is 733 g/mol. The minimum Gasteiger partial charge on any atom is -0.507 e. The molecule has 0 radical (unpaired) electrons. The van der Waals surface area contributed by atoms with Crippen LogP contribution in [0.15, 0.2) is 96.7 Å². The maximum Gasteiger partial charge on any atom is 0.229 e. The molecular formula is C48H52N2O8. The first kappa shape index (κ1) is 41.5. The van der Waals surface area contributed by atoms with Crippen molar-refractivity contribution in [3.05, 3.63) is 141 Å². The van der Waals surface area contributed by atoms with E-state index >= 15 is 0 Å². The molecule has 4 aromatic rings. The average molecular weight is 785 g/mol. The van der Waals surface area contributed by atoms with E-state index < -0.39 is 35.2 Å². The summed E-state index contributed by atoms with van der Waals surface area (Å²) in [6.45, 7) is 10.3. The van der Waals surface area contributed by atoms with Crippen LogP contribution in [0.25, 0.3) is 33.4 Å². The zero-order valence-electron chi connectivity index (χ0n) is 33.7. The maximum atomic E-state index is 14.0. The lowest BCUT2D eigenvalue weighted by atomic mass is 9.75. The monoisotopic (exact) mass is 784 g/mol. The average Bonchev–Trinajstić information content (AvgIpc) is 3.19. The van der Waals surface area contributed by atoms with E-state index in [1.54, 1.807) is 26.0 Å². The fourth-order valence-corrected chi connectivity index (χ4v) is 8.18. The third-order valence-corrected chi connectivity index (χ3v) is 11.0. The van der Waals surface area contributed by atoms with Crippen LogP contribution in [0.5, 0.6) is 11.5 Å². The number of phenols is 2. The Hall–Kier alpha value is -6.10. The number of aliphatic hydroxyl groups is 4. The van der Waals surface area contributed by atoms with Gasteiger partial charge in [0.1, 0.15) is 11.5 Å². The van der Waals surface area contributed by atoms with Gasteiger partial charge in [-0.25, -0.2) is 0 Å². The van der Waals surface area contributed by atoms with Crippen molar-refractivity contribution in [2.24, 2.45) is 11.8 Å². The molecule has 0 heterocycles. The van der Waals surface area contributed by atoms with Gasteiger partial charge in [0.05, 0.1) is 36.4 Å². The van der Waals surface area contributed by atoms with Crippen LogP contribution < -0.4 is 10.6 Å². The van der Waals surface area contributed by atoms with Gasteiger partial charge in [-0.15, -0.1) is 0 Å². The standard InChI is InChI=1S/C48H52N2O8/c1-25(2)37-33-17-27(5)39(45(55)41(33)35(43(53)47(37)57)21-49-31(23-51)19-29-13-9-7-10-14-29)40-28(6)18-34-38(26(3)4)48(58)44(54)36(42(34)46(40)56)22-50-32(24-52)20-30-15-11-8-12-16-30/h7-18,21-22,25-26,31-32,49-52,55-58H,19-20,23-24H2,1-6H3/t31-,32-/m0/s1. The smallest absolute Gasteiger partial charge is 0.229 e. The van der Waals surface area contributed by atoms with E-state index in [2.05, 4.69) is 10.6 Å². The lowest BCUT2D eigenvalue weighted by Crippen LogP contribution is -2.32. The van der Waals surface area contributed by atoms with Gasteiger partial charge in [-0.05, 0) is 71.9 Å². The molecule has 2 aliphatic carbocycles. The molecule has 0 unspecified atom stereocenters.